The topological polar surface area (TPSA) is 60.0 Å². The molecule has 2 aromatic rings. The zero-order valence-corrected chi connectivity index (χ0v) is 17.8. The molecule has 2 amide bonds. The molecule has 1 spiro atoms. The first-order valence-electron chi connectivity index (χ1n) is 11.3. The van der Waals surface area contributed by atoms with Crippen LogP contribution in [-0.2, 0) is 11.2 Å². The molecule has 0 aliphatic carbocycles. The second-order valence-electron chi connectivity index (χ2n) is 8.86. The SMILES string of the molecule is O=C(Nc1ccc2c(c1)OCCO2)N1CCC2(CC1)CC(Cc1ccccc1)CCO2. The molecule has 2 saturated heterocycles. The summed E-state index contributed by atoms with van der Waals surface area (Å²) in [4.78, 5) is 14.7. The van der Waals surface area contributed by atoms with Crippen LogP contribution in [0, 0.1) is 5.92 Å². The maximum Gasteiger partial charge on any atom is 0.321 e. The second kappa shape index (κ2) is 8.79. The minimum absolute atomic E-state index is 0.0665. The van der Waals surface area contributed by atoms with Gasteiger partial charge in [-0.3, -0.25) is 0 Å². The molecule has 31 heavy (non-hydrogen) atoms. The molecule has 6 heteroatoms. The Labute approximate surface area is 183 Å². The van der Waals surface area contributed by atoms with Gasteiger partial charge in [-0.05, 0) is 55.7 Å². The van der Waals surface area contributed by atoms with Crippen molar-refractivity contribution in [2.75, 3.05) is 38.2 Å². The molecule has 0 bridgehead atoms. The molecule has 2 aromatic carbocycles. The van der Waals surface area contributed by atoms with Crippen LogP contribution in [0.15, 0.2) is 48.5 Å². The molecule has 2 fully saturated rings. The number of nitrogens with zero attached hydrogens (tertiary/aromatic N) is 1. The molecule has 1 atom stereocenters. The Hall–Kier alpha value is -2.73. The maximum atomic E-state index is 12.8. The summed E-state index contributed by atoms with van der Waals surface area (Å²) in [6.45, 7) is 3.34. The first-order valence-corrected chi connectivity index (χ1v) is 11.3. The Balaban J connectivity index is 1.15. The number of piperidine rings is 1. The van der Waals surface area contributed by atoms with Crippen molar-refractivity contribution in [1.29, 1.82) is 0 Å². The summed E-state index contributed by atoms with van der Waals surface area (Å²) in [5.74, 6) is 2.06. The number of ether oxygens (including phenoxy) is 3. The molecule has 5 rings (SSSR count). The summed E-state index contributed by atoms with van der Waals surface area (Å²) in [6, 6.07) is 16.2. The minimum atomic E-state index is -0.0779. The standard InChI is InChI=1S/C25H30N2O4/c28-24(26-21-6-7-22-23(17-21)30-15-14-29-22)27-11-9-25(10-12-27)18-20(8-13-31-25)16-19-4-2-1-3-5-19/h1-7,17,20H,8-16,18H2,(H,26,28). The number of carbonyl (C=O) groups is 1. The summed E-state index contributed by atoms with van der Waals surface area (Å²) in [6.07, 6.45) is 5.10. The fourth-order valence-electron chi connectivity index (χ4n) is 5.04. The van der Waals surface area contributed by atoms with E-state index in [2.05, 4.69) is 35.6 Å². The lowest BCUT2D eigenvalue weighted by Crippen LogP contribution is -2.51. The van der Waals surface area contributed by atoms with E-state index in [0.29, 0.717) is 38.0 Å². The first kappa shape index (κ1) is 20.2. The minimum Gasteiger partial charge on any atom is -0.486 e. The Morgan fingerprint density at radius 2 is 1.77 bits per heavy atom. The summed E-state index contributed by atoms with van der Waals surface area (Å²) in [5.41, 5.74) is 2.05. The summed E-state index contributed by atoms with van der Waals surface area (Å²) in [7, 11) is 0. The van der Waals surface area contributed by atoms with Crippen LogP contribution in [0.25, 0.3) is 0 Å². The van der Waals surface area contributed by atoms with Crippen LogP contribution >= 0.6 is 0 Å². The van der Waals surface area contributed by atoms with Gasteiger partial charge in [0.25, 0.3) is 0 Å². The zero-order valence-electron chi connectivity index (χ0n) is 17.8. The number of amides is 2. The summed E-state index contributed by atoms with van der Waals surface area (Å²) < 4.78 is 17.5. The smallest absolute Gasteiger partial charge is 0.321 e. The largest absolute Gasteiger partial charge is 0.486 e. The fraction of sp³-hybridized carbons (Fsp3) is 0.480. The van der Waals surface area contributed by atoms with Crippen molar-refractivity contribution in [3.63, 3.8) is 0 Å². The highest BCUT2D eigenvalue weighted by molar-refractivity contribution is 5.89. The van der Waals surface area contributed by atoms with Gasteiger partial charge in [-0.1, -0.05) is 30.3 Å². The van der Waals surface area contributed by atoms with Gasteiger partial charge in [0, 0.05) is 31.5 Å². The van der Waals surface area contributed by atoms with Crippen LogP contribution in [0.2, 0.25) is 0 Å². The van der Waals surface area contributed by atoms with E-state index in [0.717, 1.165) is 50.1 Å². The summed E-state index contributed by atoms with van der Waals surface area (Å²) >= 11 is 0. The van der Waals surface area contributed by atoms with Crippen LogP contribution in [0.3, 0.4) is 0 Å². The van der Waals surface area contributed by atoms with Gasteiger partial charge in [0.05, 0.1) is 5.60 Å². The van der Waals surface area contributed by atoms with E-state index in [1.54, 1.807) is 0 Å². The number of urea groups is 1. The molecule has 0 aromatic heterocycles. The number of fused-ring (bicyclic) bond motifs is 1. The average Bonchev–Trinajstić information content (AvgIpc) is 2.80. The van der Waals surface area contributed by atoms with Gasteiger partial charge in [0.2, 0.25) is 0 Å². The number of benzene rings is 2. The number of hydrogen-bond acceptors (Lipinski definition) is 4. The van der Waals surface area contributed by atoms with E-state index < -0.39 is 0 Å². The van der Waals surface area contributed by atoms with Crippen molar-refractivity contribution in [3.8, 4) is 11.5 Å². The Bertz CT molecular complexity index is 909. The van der Waals surface area contributed by atoms with Crippen molar-refractivity contribution < 1.29 is 19.0 Å². The van der Waals surface area contributed by atoms with E-state index >= 15 is 0 Å². The molecule has 3 aliphatic rings. The van der Waals surface area contributed by atoms with Crippen molar-refractivity contribution >= 4 is 11.7 Å². The number of carbonyl (C=O) groups excluding carboxylic acids is 1. The first-order chi connectivity index (χ1) is 15.2. The van der Waals surface area contributed by atoms with E-state index in [-0.39, 0.29) is 11.6 Å². The molecule has 6 nitrogen and oxygen atoms in total. The predicted molar refractivity (Wildman–Crippen MR) is 119 cm³/mol. The maximum absolute atomic E-state index is 12.8. The lowest BCUT2D eigenvalue weighted by atomic mass is 9.77. The molecule has 164 valence electrons. The number of rotatable bonds is 3. The average molecular weight is 423 g/mol. The predicted octanol–water partition coefficient (Wildman–Crippen LogP) is 4.49. The Morgan fingerprint density at radius 3 is 2.58 bits per heavy atom. The Kier molecular flexibility index (Phi) is 5.72. The van der Waals surface area contributed by atoms with Crippen LogP contribution < -0.4 is 14.8 Å². The Morgan fingerprint density at radius 1 is 1.00 bits per heavy atom. The highest BCUT2D eigenvalue weighted by atomic mass is 16.6. The van der Waals surface area contributed by atoms with E-state index in [1.165, 1.54) is 5.56 Å². The van der Waals surface area contributed by atoms with Gasteiger partial charge in [0.15, 0.2) is 11.5 Å². The zero-order chi connectivity index (χ0) is 21.1. The van der Waals surface area contributed by atoms with Crippen molar-refractivity contribution in [1.82, 2.24) is 4.90 Å². The highest BCUT2D eigenvalue weighted by Gasteiger charge is 2.41. The lowest BCUT2D eigenvalue weighted by molar-refractivity contribution is -0.122. The van der Waals surface area contributed by atoms with Gasteiger partial charge in [-0.25, -0.2) is 4.79 Å². The third-order valence-electron chi connectivity index (χ3n) is 6.72. The number of hydrogen-bond donors (Lipinski definition) is 1. The van der Waals surface area contributed by atoms with Crippen LogP contribution in [0.1, 0.15) is 31.2 Å². The van der Waals surface area contributed by atoms with E-state index in [1.807, 2.05) is 23.1 Å². The van der Waals surface area contributed by atoms with Crippen molar-refractivity contribution in [3.05, 3.63) is 54.1 Å². The molecular formula is C25H30N2O4. The van der Waals surface area contributed by atoms with Gasteiger partial charge < -0.3 is 24.4 Å². The van der Waals surface area contributed by atoms with Crippen LogP contribution in [0.4, 0.5) is 10.5 Å². The van der Waals surface area contributed by atoms with Crippen molar-refractivity contribution in [2.45, 2.75) is 37.7 Å². The molecule has 1 N–H and O–H groups in total. The van der Waals surface area contributed by atoms with E-state index in [4.69, 9.17) is 14.2 Å². The fourth-order valence-corrected chi connectivity index (χ4v) is 5.04. The van der Waals surface area contributed by atoms with Gasteiger partial charge in [-0.15, -0.1) is 0 Å². The third kappa shape index (κ3) is 4.64. The normalized spacial score (nSPS) is 22.2. The van der Waals surface area contributed by atoms with Crippen molar-refractivity contribution in [2.24, 2.45) is 5.92 Å². The summed E-state index contributed by atoms with van der Waals surface area (Å²) in [5, 5.41) is 3.01. The third-order valence-corrected chi connectivity index (χ3v) is 6.72. The number of likely N-dealkylation sites (tertiary alicyclic amines) is 1. The number of anilines is 1. The van der Waals surface area contributed by atoms with Crippen LogP contribution in [0.5, 0.6) is 11.5 Å². The molecule has 0 saturated carbocycles. The van der Waals surface area contributed by atoms with Gasteiger partial charge in [-0.2, -0.15) is 0 Å². The van der Waals surface area contributed by atoms with Gasteiger partial charge >= 0.3 is 6.03 Å². The molecule has 1 unspecified atom stereocenters. The van der Waals surface area contributed by atoms with E-state index in [9.17, 15) is 4.79 Å². The number of nitrogens with one attached hydrogen (secondary N) is 1. The highest BCUT2D eigenvalue weighted by Crippen LogP contribution is 2.39. The molecule has 3 aliphatic heterocycles. The lowest BCUT2D eigenvalue weighted by Gasteiger charge is -2.46. The molecular weight excluding hydrogens is 392 g/mol. The quantitative estimate of drug-likeness (QED) is 0.792. The molecule has 0 radical (unpaired) electrons. The molecule has 3 heterocycles. The van der Waals surface area contributed by atoms with Crippen LogP contribution in [-0.4, -0.2) is 49.4 Å². The van der Waals surface area contributed by atoms with Gasteiger partial charge in [0.1, 0.15) is 13.2 Å². The second-order valence-corrected chi connectivity index (χ2v) is 8.86. The monoisotopic (exact) mass is 422 g/mol.